The molecule has 0 unspecified atom stereocenters. The van der Waals surface area contributed by atoms with Gasteiger partial charge in [0.2, 0.25) is 0 Å². The molecule has 1 aliphatic rings. The average molecular weight is 1130 g/mol. The van der Waals surface area contributed by atoms with E-state index in [1.165, 1.54) is 22.3 Å². The minimum Gasteiger partial charge on any atom is -0.517 e. The van der Waals surface area contributed by atoms with Crippen LogP contribution in [0.5, 0.6) is 5.75 Å². The molecule has 0 saturated heterocycles. The Kier molecular flexibility index (Phi) is 14.1. The van der Waals surface area contributed by atoms with Gasteiger partial charge < -0.3 is 19.1 Å². The van der Waals surface area contributed by atoms with Gasteiger partial charge in [0.1, 0.15) is 5.82 Å². The molecule has 0 N–H and O–H groups in total. The predicted molar refractivity (Wildman–Crippen MR) is 298 cm³/mol. The van der Waals surface area contributed by atoms with E-state index in [9.17, 15) is 0 Å². The maximum Gasteiger partial charge on any atom is 0.135 e. The largest absolute Gasteiger partial charge is 0.517 e. The first-order valence-electron chi connectivity index (χ1n) is 27.0. The predicted octanol–water partition coefficient (Wildman–Crippen LogP) is 16.8. The molecule has 0 saturated carbocycles. The first kappa shape index (κ1) is 46.6. The number of fused-ring (bicyclic) bond motifs is 4. The number of ether oxygens (including phenoxy) is 1. The summed E-state index contributed by atoms with van der Waals surface area (Å²) in [6.45, 7) is 16.8. The van der Waals surface area contributed by atoms with Crippen molar-refractivity contribution in [2.24, 2.45) is 11.8 Å². The number of benzene rings is 7. The summed E-state index contributed by atoms with van der Waals surface area (Å²) in [4.78, 5) is 9.43. The number of hydrogen-bond donors (Lipinski definition) is 0. The Morgan fingerprint density at radius 1 is 0.681 bits per heavy atom. The average Bonchev–Trinajstić information content (AvgIpc) is 3.91. The van der Waals surface area contributed by atoms with Crippen molar-refractivity contribution in [2.45, 2.75) is 99.4 Å². The number of nitrogens with zero attached hydrogens (tertiary/aromatic N) is 4. The molecule has 0 spiro atoms. The minimum atomic E-state index is -2.21. The molecule has 72 heavy (non-hydrogen) atoms. The quantitative estimate of drug-likeness (QED) is 0.0713. The van der Waals surface area contributed by atoms with Gasteiger partial charge in [0, 0.05) is 54.0 Å². The summed E-state index contributed by atoms with van der Waals surface area (Å²) in [6.07, 6.45) is 6.27. The van der Waals surface area contributed by atoms with Crippen LogP contribution in [0.3, 0.4) is 0 Å². The van der Waals surface area contributed by atoms with Crippen molar-refractivity contribution in [3.63, 3.8) is 0 Å². The smallest absolute Gasteiger partial charge is 0.135 e. The summed E-state index contributed by atoms with van der Waals surface area (Å²) in [5, 5.41) is 2.21. The zero-order valence-electron chi connectivity index (χ0n) is 45.7. The first-order chi connectivity index (χ1) is 35.6. The third-order valence-electron chi connectivity index (χ3n) is 13.7. The van der Waals surface area contributed by atoms with Gasteiger partial charge in [-0.1, -0.05) is 145 Å². The third kappa shape index (κ3) is 11.0. The summed E-state index contributed by atoms with van der Waals surface area (Å²) in [6, 6.07) is 60.5. The molecule has 3 heterocycles. The van der Waals surface area contributed by atoms with Crippen LogP contribution in [0, 0.1) is 37.5 Å². The van der Waals surface area contributed by atoms with Gasteiger partial charge in [-0.05, 0) is 149 Å². The van der Waals surface area contributed by atoms with E-state index < -0.39 is 6.85 Å². The van der Waals surface area contributed by atoms with Gasteiger partial charge in [-0.3, -0.25) is 0 Å². The Bertz CT molecular complexity index is 3420. The Labute approximate surface area is 447 Å². The number of anilines is 3. The van der Waals surface area contributed by atoms with E-state index in [1.807, 2.05) is 24.4 Å². The van der Waals surface area contributed by atoms with Crippen molar-refractivity contribution in [3.8, 4) is 33.8 Å². The van der Waals surface area contributed by atoms with Crippen molar-refractivity contribution < 1.29 is 29.9 Å². The molecule has 0 aliphatic carbocycles. The van der Waals surface area contributed by atoms with Crippen LogP contribution in [-0.4, -0.2) is 16.1 Å². The molecule has 9 aromatic rings. The van der Waals surface area contributed by atoms with Crippen molar-refractivity contribution in [3.05, 3.63) is 210 Å². The molecular formula is C66H67N4OPt-3. The summed E-state index contributed by atoms with van der Waals surface area (Å²) in [7, 11) is 0. The van der Waals surface area contributed by atoms with E-state index in [2.05, 4.69) is 209 Å². The van der Waals surface area contributed by atoms with Gasteiger partial charge in [-0.2, -0.15) is 37.0 Å². The Hall–Kier alpha value is -6.42. The number of para-hydroxylation sites is 2. The molecule has 0 bridgehead atoms. The Morgan fingerprint density at radius 3 is 2.18 bits per heavy atom. The molecular weight excluding hydrogens is 1060 g/mol. The fourth-order valence-electron chi connectivity index (χ4n) is 10.3. The summed E-state index contributed by atoms with van der Waals surface area (Å²) < 4.78 is 34.5. The fourth-order valence-corrected chi connectivity index (χ4v) is 10.3. The van der Waals surface area contributed by atoms with Gasteiger partial charge in [-0.15, -0.1) is 28.8 Å². The van der Waals surface area contributed by atoms with Crippen LogP contribution in [-0.2, 0) is 52.3 Å². The molecule has 1 aliphatic heterocycles. The van der Waals surface area contributed by atoms with Crippen LogP contribution in [0.4, 0.5) is 17.1 Å². The number of rotatable bonds is 16. The van der Waals surface area contributed by atoms with Crippen LogP contribution in [0.15, 0.2) is 158 Å². The van der Waals surface area contributed by atoms with Crippen LogP contribution in [0.1, 0.15) is 98.8 Å². The van der Waals surface area contributed by atoms with E-state index in [4.69, 9.17) is 13.8 Å². The summed E-state index contributed by atoms with van der Waals surface area (Å²) in [5.41, 5.74) is 15.7. The van der Waals surface area contributed by atoms with Crippen molar-refractivity contribution in [1.29, 1.82) is 0 Å². The normalized spacial score (nSPS) is 13.4. The SMILES string of the molecule is [2H]C([2H])([2H])c1cccc(-c2cc(CC(C)C)cc(CC(C)C)c2)c1CCCCN1[CH-]N(c2[c-]c(COc3[c-]c4c(cc3)c3cc(-c5ccccc5)ccc3n4-c3cc(C(C)(C)C)ccn3)ccc2)c2ccccc21.[Pt]. The second kappa shape index (κ2) is 21.7. The standard InChI is InChI=1S/C66H67N4O.Pt/c1-45(2)34-49-36-50(35-46(3)4)38-53(37-49)58-24-16-18-47(5)57(58)23-14-15-33-68-44-69(63-26-13-12-25-62(63)68)55-22-17-19-48(39-55)43-71-56-28-29-59-60-40-52(51-20-10-9-11-21-51)27-30-61(60)70(64(59)42-56)65-41-54(31-32-67-65)66(6,7)8;/h9-13,16-22,24-32,36-38,40-41,44-46H,14-15,23,33-35,43H2,1-8H3;/q-3;/i5D3;. The molecule has 0 atom stereocenters. The second-order valence-corrected chi connectivity index (χ2v) is 21.2. The molecule has 7 aromatic carbocycles. The fraction of sp³-hybridized carbons (Fsp3) is 0.273. The first-order valence-corrected chi connectivity index (χ1v) is 25.5. The Morgan fingerprint density at radius 2 is 1.43 bits per heavy atom. The van der Waals surface area contributed by atoms with Crippen molar-refractivity contribution in [2.75, 3.05) is 16.3 Å². The Balaban J connectivity index is 0.00000689. The molecule has 0 amide bonds. The molecule has 0 fully saturated rings. The van der Waals surface area contributed by atoms with E-state index in [-0.39, 0.29) is 26.5 Å². The third-order valence-corrected chi connectivity index (χ3v) is 13.7. The van der Waals surface area contributed by atoms with Crippen LogP contribution >= 0.6 is 0 Å². The number of unbranched alkanes of at least 4 members (excludes halogenated alkanes) is 1. The molecule has 10 rings (SSSR count). The minimum absolute atomic E-state index is 0. The van der Waals surface area contributed by atoms with Crippen molar-refractivity contribution >= 4 is 38.9 Å². The van der Waals surface area contributed by atoms with Gasteiger partial charge in [0.15, 0.2) is 0 Å². The monoisotopic (exact) mass is 1130 g/mol. The van der Waals surface area contributed by atoms with E-state index >= 15 is 0 Å². The molecule has 370 valence electrons. The molecule has 2 aromatic heterocycles. The van der Waals surface area contributed by atoms with Gasteiger partial charge in [-0.25, -0.2) is 4.98 Å². The maximum atomic E-state index is 8.56. The number of pyridine rings is 1. The number of hydrogen-bond acceptors (Lipinski definition) is 4. The molecule has 0 radical (unpaired) electrons. The summed E-state index contributed by atoms with van der Waals surface area (Å²) >= 11 is 0. The van der Waals surface area contributed by atoms with E-state index in [0.29, 0.717) is 36.2 Å². The molecule has 6 heteroatoms. The van der Waals surface area contributed by atoms with Crippen LogP contribution < -0.4 is 14.5 Å². The van der Waals surface area contributed by atoms with Crippen molar-refractivity contribution in [1.82, 2.24) is 9.55 Å². The van der Waals surface area contributed by atoms with Crippen LogP contribution in [0.2, 0.25) is 0 Å². The van der Waals surface area contributed by atoms with E-state index in [0.717, 1.165) is 105 Å². The topological polar surface area (TPSA) is 33.5 Å². The van der Waals surface area contributed by atoms with E-state index in [1.54, 1.807) is 6.07 Å². The van der Waals surface area contributed by atoms with Gasteiger partial charge >= 0.3 is 0 Å². The van der Waals surface area contributed by atoms with Gasteiger partial charge in [0.25, 0.3) is 0 Å². The summed E-state index contributed by atoms with van der Waals surface area (Å²) in [5.74, 6) is 2.53. The van der Waals surface area contributed by atoms with Gasteiger partial charge in [0.05, 0.1) is 6.61 Å². The number of aryl methyl sites for hydroxylation is 1. The van der Waals surface area contributed by atoms with Crippen LogP contribution in [0.25, 0.3) is 49.9 Å². The molecule has 5 nitrogen and oxygen atoms in total. The zero-order chi connectivity index (χ0) is 51.7. The zero-order valence-corrected chi connectivity index (χ0v) is 45.0. The second-order valence-electron chi connectivity index (χ2n) is 21.2. The number of aromatic nitrogens is 2. The maximum absolute atomic E-state index is 8.56.